The van der Waals surface area contributed by atoms with Gasteiger partial charge in [-0.2, -0.15) is 0 Å². The smallest absolute Gasteiger partial charge is 0.0454 e. The molecule has 0 aliphatic heterocycles. The summed E-state index contributed by atoms with van der Waals surface area (Å²) in [6.45, 7) is 15.5. The molecule has 1 N–H and O–H groups in total. The van der Waals surface area contributed by atoms with Crippen molar-refractivity contribution >= 4 is 0 Å². The Balaban J connectivity index is 2.97. The fourth-order valence-electron chi connectivity index (χ4n) is 3.35. The summed E-state index contributed by atoms with van der Waals surface area (Å²) in [6, 6.07) is 5.67. The molecule has 2 heteroatoms. The monoisotopic (exact) mass is 290 g/mol. The quantitative estimate of drug-likeness (QED) is 0.764. The number of hydrogen-bond donors (Lipinski definition) is 1. The number of benzene rings is 1. The van der Waals surface area contributed by atoms with E-state index in [1.165, 1.54) is 35.1 Å². The molecule has 0 aliphatic rings. The molecule has 0 amide bonds. The Hall–Kier alpha value is -0.860. The highest BCUT2D eigenvalue weighted by Crippen LogP contribution is 2.25. The molecule has 0 bridgehead atoms. The van der Waals surface area contributed by atoms with Gasteiger partial charge in [0.25, 0.3) is 0 Å². The summed E-state index contributed by atoms with van der Waals surface area (Å²) in [5, 5.41) is 3.69. The van der Waals surface area contributed by atoms with Crippen molar-refractivity contribution in [1.82, 2.24) is 10.2 Å². The molecular weight excluding hydrogens is 256 g/mol. The lowest BCUT2D eigenvalue weighted by Crippen LogP contribution is -2.38. The summed E-state index contributed by atoms with van der Waals surface area (Å²) in [6.07, 6.45) is 2.52. The highest BCUT2D eigenvalue weighted by molar-refractivity contribution is 5.39. The van der Waals surface area contributed by atoms with Crippen molar-refractivity contribution in [3.63, 3.8) is 0 Å². The first kappa shape index (κ1) is 18.2. The van der Waals surface area contributed by atoms with Crippen LogP contribution in [-0.4, -0.2) is 31.1 Å². The maximum atomic E-state index is 3.69. The number of nitrogens with one attached hydrogen (secondary N) is 1. The maximum absolute atomic E-state index is 3.69. The number of likely N-dealkylation sites (N-methyl/N-ethyl adjacent to an activating group) is 2. The van der Waals surface area contributed by atoms with Crippen molar-refractivity contribution in [2.24, 2.45) is 0 Å². The molecule has 2 atom stereocenters. The Labute approximate surface area is 131 Å². The van der Waals surface area contributed by atoms with Gasteiger partial charge in [0.05, 0.1) is 0 Å². The molecule has 0 saturated carbocycles. The molecule has 0 saturated heterocycles. The molecule has 2 nitrogen and oxygen atoms in total. The third-order valence-electron chi connectivity index (χ3n) is 4.47. The Kier molecular flexibility index (Phi) is 7.41. The summed E-state index contributed by atoms with van der Waals surface area (Å²) in [5.41, 5.74) is 5.67. The van der Waals surface area contributed by atoms with Crippen LogP contribution in [0.2, 0.25) is 0 Å². The van der Waals surface area contributed by atoms with Crippen LogP contribution in [0.1, 0.15) is 61.9 Å². The zero-order valence-corrected chi connectivity index (χ0v) is 15.1. The van der Waals surface area contributed by atoms with E-state index in [1.807, 2.05) is 0 Å². The molecular formula is C19H34N2. The predicted molar refractivity (Wildman–Crippen MR) is 94.1 cm³/mol. The second-order valence-corrected chi connectivity index (χ2v) is 6.50. The molecule has 0 radical (unpaired) electrons. The Bertz CT molecular complexity index is 416. The Morgan fingerprint density at radius 2 is 1.67 bits per heavy atom. The van der Waals surface area contributed by atoms with Gasteiger partial charge in [-0.05, 0) is 64.4 Å². The van der Waals surface area contributed by atoms with Gasteiger partial charge in [0.2, 0.25) is 0 Å². The standard InChI is InChI=1S/C19H34N2/c1-8-10-17(6)21(7)13-18(20-9-2)19-15(4)11-14(3)12-16(19)5/h11-12,17-18,20H,8-10,13H2,1-7H3. The van der Waals surface area contributed by atoms with Crippen LogP contribution in [0.25, 0.3) is 0 Å². The van der Waals surface area contributed by atoms with Gasteiger partial charge in [-0.3, -0.25) is 0 Å². The van der Waals surface area contributed by atoms with Gasteiger partial charge in [-0.15, -0.1) is 0 Å². The average Bonchev–Trinajstić information content (AvgIpc) is 2.37. The van der Waals surface area contributed by atoms with E-state index in [0.29, 0.717) is 12.1 Å². The molecule has 0 aliphatic carbocycles. The van der Waals surface area contributed by atoms with Crippen molar-refractivity contribution in [1.29, 1.82) is 0 Å². The molecule has 2 unspecified atom stereocenters. The van der Waals surface area contributed by atoms with E-state index >= 15 is 0 Å². The van der Waals surface area contributed by atoms with E-state index in [1.54, 1.807) is 0 Å². The predicted octanol–water partition coefficient (Wildman–Crippen LogP) is 4.38. The van der Waals surface area contributed by atoms with Gasteiger partial charge in [-0.25, -0.2) is 0 Å². The van der Waals surface area contributed by atoms with E-state index in [0.717, 1.165) is 13.1 Å². The van der Waals surface area contributed by atoms with Crippen molar-refractivity contribution in [3.8, 4) is 0 Å². The fourth-order valence-corrected chi connectivity index (χ4v) is 3.35. The molecule has 0 heterocycles. The maximum Gasteiger partial charge on any atom is 0.0454 e. The van der Waals surface area contributed by atoms with Crippen LogP contribution in [-0.2, 0) is 0 Å². The normalized spacial score (nSPS) is 14.5. The van der Waals surface area contributed by atoms with Crippen molar-refractivity contribution < 1.29 is 0 Å². The molecule has 0 aromatic heterocycles. The molecule has 0 fully saturated rings. The molecule has 1 rings (SSSR count). The van der Waals surface area contributed by atoms with Crippen LogP contribution in [0.4, 0.5) is 0 Å². The molecule has 21 heavy (non-hydrogen) atoms. The fraction of sp³-hybridized carbons (Fsp3) is 0.684. The summed E-state index contributed by atoms with van der Waals surface area (Å²) in [5.74, 6) is 0. The molecule has 120 valence electrons. The first-order valence-electron chi connectivity index (χ1n) is 8.42. The van der Waals surface area contributed by atoms with Crippen LogP contribution in [0.5, 0.6) is 0 Å². The van der Waals surface area contributed by atoms with Gasteiger partial charge >= 0.3 is 0 Å². The van der Waals surface area contributed by atoms with Crippen LogP contribution < -0.4 is 5.32 Å². The first-order chi connectivity index (χ1) is 9.90. The molecule has 1 aromatic rings. The Morgan fingerprint density at radius 3 is 2.14 bits per heavy atom. The van der Waals surface area contributed by atoms with E-state index in [9.17, 15) is 0 Å². The van der Waals surface area contributed by atoms with Crippen LogP contribution >= 0.6 is 0 Å². The minimum atomic E-state index is 0.417. The highest BCUT2D eigenvalue weighted by atomic mass is 15.1. The second kappa shape index (κ2) is 8.55. The van der Waals surface area contributed by atoms with E-state index < -0.39 is 0 Å². The first-order valence-corrected chi connectivity index (χ1v) is 8.42. The summed E-state index contributed by atoms with van der Waals surface area (Å²) >= 11 is 0. The lowest BCUT2D eigenvalue weighted by Gasteiger charge is -2.31. The lowest BCUT2D eigenvalue weighted by atomic mass is 9.93. The van der Waals surface area contributed by atoms with E-state index in [2.05, 4.69) is 70.9 Å². The van der Waals surface area contributed by atoms with Crippen molar-refractivity contribution in [2.45, 2.75) is 66.5 Å². The third-order valence-corrected chi connectivity index (χ3v) is 4.47. The summed E-state index contributed by atoms with van der Waals surface area (Å²) in [7, 11) is 2.25. The van der Waals surface area contributed by atoms with Gasteiger partial charge in [-0.1, -0.05) is 38.0 Å². The van der Waals surface area contributed by atoms with Gasteiger partial charge in [0.1, 0.15) is 0 Å². The third kappa shape index (κ3) is 5.12. The van der Waals surface area contributed by atoms with Crippen LogP contribution in [0, 0.1) is 20.8 Å². The minimum absolute atomic E-state index is 0.417. The summed E-state index contributed by atoms with van der Waals surface area (Å²) < 4.78 is 0. The van der Waals surface area contributed by atoms with Crippen molar-refractivity contribution in [2.75, 3.05) is 20.1 Å². The molecule has 0 spiro atoms. The van der Waals surface area contributed by atoms with Gasteiger partial charge < -0.3 is 10.2 Å². The minimum Gasteiger partial charge on any atom is -0.309 e. The largest absolute Gasteiger partial charge is 0.309 e. The second-order valence-electron chi connectivity index (χ2n) is 6.50. The number of hydrogen-bond acceptors (Lipinski definition) is 2. The van der Waals surface area contributed by atoms with Gasteiger partial charge in [0.15, 0.2) is 0 Å². The SMILES string of the molecule is CCCC(C)N(C)CC(NCC)c1c(C)cc(C)cc1C. The Morgan fingerprint density at radius 1 is 1.10 bits per heavy atom. The van der Waals surface area contributed by atoms with Crippen LogP contribution in [0.3, 0.4) is 0 Å². The van der Waals surface area contributed by atoms with Gasteiger partial charge in [0, 0.05) is 18.6 Å². The van der Waals surface area contributed by atoms with Crippen LogP contribution in [0.15, 0.2) is 12.1 Å². The van der Waals surface area contributed by atoms with E-state index in [4.69, 9.17) is 0 Å². The lowest BCUT2D eigenvalue weighted by molar-refractivity contribution is 0.219. The zero-order valence-electron chi connectivity index (χ0n) is 15.1. The van der Waals surface area contributed by atoms with Crippen molar-refractivity contribution in [3.05, 3.63) is 34.4 Å². The highest BCUT2D eigenvalue weighted by Gasteiger charge is 2.19. The zero-order chi connectivity index (χ0) is 16.0. The average molecular weight is 290 g/mol. The number of aryl methyl sites for hydroxylation is 3. The topological polar surface area (TPSA) is 15.3 Å². The molecule has 1 aromatic carbocycles. The summed E-state index contributed by atoms with van der Waals surface area (Å²) in [4.78, 5) is 2.50. The number of rotatable bonds is 8. The van der Waals surface area contributed by atoms with E-state index in [-0.39, 0.29) is 0 Å². The number of nitrogens with zero attached hydrogens (tertiary/aromatic N) is 1.